The summed E-state index contributed by atoms with van der Waals surface area (Å²) in [4.78, 5) is 20.1. The summed E-state index contributed by atoms with van der Waals surface area (Å²) in [6.45, 7) is 7.21. The second kappa shape index (κ2) is 10.8. The predicted octanol–water partition coefficient (Wildman–Crippen LogP) is 9.15. The first-order valence-electron chi connectivity index (χ1n) is 14.1. The number of hydrogen-bond donors (Lipinski definition) is 1. The van der Waals surface area contributed by atoms with Gasteiger partial charge in [0.15, 0.2) is 0 Å². The highest BCUT2D eigenvalue weighted by Gasteiger charge is 2.24. The first-order valence-corrected chi connectivity index (χ1v) is 14.9. The van der Waals surface area contributed by atoms with Crippen molar-refractivity contribution in [1.29, 1.82) is 0 Å². The van der Waals surface area contributed by atoms with Crippen molar-refractivity contribution >= 4 is 56.0 Å². The number of aliphatic imine (C=N–C) groups is 1. The van der Waals surface area contributed by atoms with Crippen molar-refractivity contribution in [2.75, 3.05) is 5.32 Å². The second-order valence-electron chi connectivity index (χ2n) is 10.7. The molecule has 1 amide bonds. The van der Waals surface area contributed by atoms with Gasteiger partial charge in [0.25, 0.3) is 5.91 Å². The molecule has 1 aliphatic carbocycles. The molecule has 198 valence electrons. The zero-order valence-electron chi connectivity index (χ0n) is 23.0. The van der Waals surface area contributed by atoms with Crippen LogP contribution in [0.1, 0.15) is 70.1 Å². The number of anilines is 1. The highest BCUT2D eigenvalue weighted by molar-refractivity contribution is 7.16. The van der Waals surface area contributed by atoms with E-state index < -0.39 is 0 Å². The Kier molecular flexibility index (Phi) is 7.09. The summed E-state index contributed by atoms with van der Waals surface area (Å²) in [5.41, 5.74) is 8.58. The van der Waals surface area contributed by atoms with Gasteiger partial charge in [-0.25, -0.2) is 4.99 Å². The molecule has 1 N–H and O–H groups in total. The van der Waals surface area contributed by atoms with Crippen LogP contribution in [0.4, 0.5) is 10.7 Å². The number of rotatable bonds is 5. The van der Waals surface area contributed by atoms with E-state index in [1.807, 2.05) is 19.2 Å². The van der Waals surface area contributed by atoms with Crippen molar-refractivity contribution in [3.05, 3.63) is 93.4 Å². The Labute approximate surface area is 234 Å². The van der Waals surface area contributed by atoms with Gasteiger partial charge in [0.1, 0.15) is 5.00 Å². The molecule has 0 unspecified atom stereocenters. The number of benzene rings is 3. The Balaban J connectivity index is 1.40. The SMILES string of the molecule is CCn1c2ccccc2c2cc(C=Nc3sc4c(c3C(=O)Nc3cc(C)ccc3C)CCCCCC4)ccc21. The number of para-hydroxylation sites is 1. The fourth-order valence-electron chi connectivity index (χ4n) is 5.91. The normalized spacial score (nSPS) is 14.0. The molecule has 2 heterocycles. The topological polar surface area (TPSA) is 46.4 Å². The van der Waals surface area contributed by atoms with Crippen LogP contribution < -0.4 is 5.32 Å². The largest absolute Gasteiger partial charge is 0.341 e. The zero-order chi connectivity index (χ0) is 26.9. The van der Waals surface area contributed by atoms with Crippen LogP contribution in [-0.2, 0) is 19.4 Å². The van der Waals surface area contributed by atoms with Gasteiger partial charge >= 0.3 is 0 Å². The van der Waals surface area contributed by atoms with Gasteiger partial charge in [-0.15, -0.1) is 11.3 Å². The van der Waals surface area contributed by atoms with Gasteiger partial charge in [-0.1, -0.05) is 49.2 Å². The molecule has 5 heteroatoms. The second-order valence-corrected chi connectivity index (χ2v) is 11.8. The number of thiophene rings is 1. The molecule has 0 atom stereocenters. The standard InChI is InChI=1S/C34H35N3OS/c1-4-37-29-13-10-9-11-25(29)27-20-24(17-18-30(27)37)21-35-34-32(26-12-7-5-6-8-14-31(26)39-34)33(38)36-28-19-22(2)15-16-23(28)3/h9-11,13,15-21H,4-8,12,14H2,1-3H3,(H,36,38). The molecule has 0 spiro atoms. The average molecular weight is 534 g/mol. The summed E-state index contributed by atoms with van der Waals surface area (Å²) >= 11 is 1.70. The molecule has 1 aliphatic rings. The van der Waals surface area contributed by atoms with Crippen molar-refractivity contribution in [3.8, 4) is 0 Å². The number of carbonyl (C=O) groups is 1. The maximum absolute atomic E-state index is 13.8. The molecule has 3 aromatic carbocycles. The minimum absolute atomic E-state index is 0.0459. The Morgan fingerprint density at radius 1 is 0.949 bits per heavy atom. The van der Waals surface area contributed by atoms with Crippen molar-refractivity contribution in [1.82, 2.24) is 4.57 Å². The molecule has 0 aliphatic heterocycles. The van der Waals surface area contributed by atoms with Crippen LogP contribution in [0.2, 0.25) is 0 Å². The van der Waals surface area contributed by atoms with Gasteiger partial charge in [0, 0.05) is 45.1 Å². The van der Waals surface area contributed by atoms with Crippen molar-refractivity contribution in [3.63, 3.8) is 0 Å². The number of nitrogens with one attached hydrogen (secondary N) is 1. The number of fused-ring (bicyclic) bond motifs is 4. The van der Waals surface area contributed by atoms with E-state index >= 15 is 0 Å². The molecular weight excluding hydrogens is 498 g/mol. The average Bonchev–Trinajstić information content (AvgIpc) is 3.43. The first-order chi connectivity index (χ1) is 19.0. The summed E-state index contributed by atoms with van der Waals surface area (Å²) in [6.07, 6.45) is 8.68. The van der Waals surface area contributed by atoms with Crippen molar-refractivity contribution in [2.45, 2.75) is 65.8 Å². The van der Waals surface area contributed by atoms with E-state index in [9.17, 15) is 4.79 Å². The summed E-state index contributed by atoms with van der Waals surface area (Å²) in [7, 11) is 0. The molecule has 39 heavy (non-hydrogen) atoms. The van der Waals surface area contributed by atoms with Crippen LogP contribution in [-0.4, -0.2) is 16.7 Å². The van der Waals surface area contributed by atoms with Crippen LogP contribution in [0.5, 0.6) is 0 Å². The molecule has 4 nitrogen and oxygen atoms in total. The number of nitrogens with zero attached hydrogens (tertiary/aromatic N) is 2. The Bertz CT molecular complexity index is 1720. The van der Waals surface area contributed by atoms with Crippen molar-refractivity contribution < 1.29 is 4.79 Å². The smallest absolute Gasteiger partial charge is 0.259 e. The van der Waals surface area contributed by atoms with Gasteiger partial charge in [0.05, 0.1) is 5.56 Å². The third kappa shape index (κ3) is 4.92. The highest BCUT2D eigenvalue weighted by Crippen LogP contribution is 2.39. The van der Waals surface area contributed by atoms with Crippen LogP contribution in [0.3, 0.4) is 0 Å². The van der Waals surface area contributed by atoms with E-state index in [2.05, 4.69) is 78.3 Å². The van der Waals surface area contributed by atoms with Crippen LogP contribution in [0, 0.1) is 13.8 Å². The maximum Gasteiger partial charge on any atom is 0.259 e. The quantitative estimate of drug-likeness (QED) is 0.225. The van der Waals surface area contributed by atoms with E-state index in [-0.39, 0.29) is 5.91 Å². The van der Waals surface area contributed by atoms with E-state index in [0.29, 0.717) is 0 Å². The lowest BCUT2D eigenvalue weighted by atomic mass is 9.96. The molecule has 2 aromatic heterocycles. The van der Waals surface area contributed by atoms with Gasteiger partial charge < -0.3 is 9.88 Å². The Morgan fingerprint density at radius 3 is 2.59 bits per heavy atom. The molecule has 0 bridgehead atoms. The minimum atomic E-state index is -0.0459. The van der Waals surface area contributed by atoms with E-state index in [1.54, 1.807) is 11.3 Å². The zero-order valence-corrected chi connectivity index (χ0v) is 23.8. The number of carbonyl (C=O) groups excluding carboxylic acids is 1. The predicted molar refractivity (Wildman–Crippen MR) is 166 cm³/mol. The summed E-state index contributed by atoms with van der Waals surface area (Å²) in [5.74, 6) is -0.0459. The monoisotopic (exact) mass is 533 g/mol. The van der Waals surface area contributed by atoms with E-state index in [4.69, 9.17) is 4.99 Å². The van der Waals surface area contributed by atoms with Crippen LogP contribution in [0.15, 0.2) is 65.7 Å². The van der Waals surface area contributed by atoms with Gasteiger partial charge in [-0.2, -0.15) is 0 Å². The van der Waals surface area contributed by atoms with Crippen LogP contribution in [0.25, 0.3) is 21.8 Å². The summed E-state index contributed by atoms with van der Waals surface area (Å²) < 4.78 is 2.36. The lowest BCUT2D eigenvalue weighted by molar-refractivity contribution is 0.102. The van der Waals surface area contributed by atoms with Gasteiger partial charge in [-0.3, -0.25) is 4.79 Å². The third-order valence-corrected chi connectivity index (χ3v) is 9.16. The number of hydrogen-bond acceptors (Lipinski definition) is 3. The number of amides is 1. The molecule has 0 saturated heterocycles. The maximum atomic E-state index is 13.8. The molecule has 6 rings (SSSR count). The summed E-state index contributed by atoms with van der Waals surface area (Å²) in [5, 5.41) is 6.54. The Morgan fingerprint density at radius 2 is 1.74 bits per heavy atom. The lowest BCUT2D eigenvalue weighted by Crippen LogP contribution is -2.15. The fourth-order valence-corrected chi connectivity index (χ4v) is 7.14. The highest BCUT2D eigenvalue weighted by atomic mass is 32.1. The van der Waals surface area contributed by atoms with Gasteiger partial charge in [-0.05, 0) is 93.0 Å². The number of aryl methyl sites for hydroxylation is 4. The number of aromatic nitrogens is 1. The molecule has 5 aromatic rings. The lowest BCUT2D eigenvalue weighted by Gasteiger charge is -2.13. The summed E-state index contributed by atoms with van der Waals surface area (Å²) in [6, 6.07) is 21.3. The van der Waals surface area contributed by atoms with Gasteiger partial charge in [0.2, 0.25) is 0 Å². The van der Waals surface area contributed by atoms with Crippen LogP contribution >= 0.6 is 11.3 Å². The minimum Gasteiger partial charge on any atom is -0.341 e. The molecule has 0 saturated carbocycles. The van der Waals surface area contributed by atoms with E-state index in [1.165, 1.54) is 51.5 Å². The fraction of sp³-hybridized carbons (Fsp3) is 0.294. The first kappa shape index (κ1) is 25.6. The molecule has 0 fully saturated rings. The molecular formula is C34H35N3OS. The third-order valence-electron chi connectivity index (χ3n) is 7.96. The van der Waals surface area contributed by atoms with E-state index in [0.717, 1.165) is 58.7 Å². The van der Waals surface area contributed by atoms with Crippen molar-refractivity contribution in [2.24, 2.45) is 4.99 Å². The Hall–Kier alpha value is -3.70. The molecule has 0 radical (unpaired) electrons.